The highest BCUT2D eigenvalue weighted by molar-refractivity contribution is 6.30. The molecule has 2 amide bonds. The molecule has 0 heterocycles. The van der Waals surface area contributed by atoms with Crippen LogP contribution in [0.1, 0.15) is 19.4 Å². The van der Waals surface area contributed by atoms with E-state index >= 15 is 0 Å². The summed E-state index contributed by atoms with van der Waals surface area (Å²) in [5, 5.41) is 5.99. The van der Waals surface area contributed by atoms with Crippen molar-refractivity contribution in [3.63, 3.8) is 0 Å². The maximum absolute atomic E-state index is 11.9. The van der Waals surface area contributed by atoms with Gasteiger partial charge in [0.2, 0.25) is 11.8 Å². The summed E-state index contributed by atoms with van der Waals surface area (Å²) in [6.07, 6.45) is 0. The molecule has 20 heavy (non-hydrogen) atoms. The Morgan fingerprint density at radius 3 is 2.30 bits per heavy atom. The van der Waals surface area contributed by atoms with Gasteiger partial charge in [-0.25, -0.2) is 0 Å². The summed E-state index contributed by atoms with van der Waals surface area (Å²) in [5.41, 5.74) is 6.44. The molecule has 0 aromatic heterocycles. The Morgan fingerprint density at radius 2 is 1.80 bits per heavy atom. The molecule has 110 valence electrons. The standard InChI is InChI=1S/C14H20ClN3O2/c1-9(2)13(19)18-12(7-16)14(20)17-8-10-3-5-11(15)6-4-10/h3-6,9,12H,7-8,16H2,1-2H3,(H,17,20)(H,18,19). The predicted octanol–water partition coefficient (Wildman–Crippen LogP) is 1.06. The number of hydrogen-bond acceptors (Lipinski definition) is 3. The van der Waals surface area contributed by atoms with E-state index in [-0.39, 0.29) is 24.3 Å². The summed E-state index contributed by atoms with van der Waals surface area (Å²) in [7, 11) is 0. The van der Waals surface area contributed by atoms with Gasteiger partial charge < -0.3 is 16.4 Å². The van der Waals surface area contributed by atoms with E-state index in [1.54, 1.807) is 26.0 Å². The van der Waals surface area contributed by atoms with E-state index in [0.29, 0.717) is 11.6 Å². The zero-order valence-electron chi connectivity index (χ0n) is 11.7. The van der Waals surface area contributed by atoms with Gasteiger partial charge in [-0.1, -0.05) is 37.6 Å². The van der Waals surface area contributed by atoms with E-state index in [1.165, 1.54) is 0 Å². The number of hydrogen-bond donors (Lipinski definition) is 3. The van der Waals surface area contributed by atoms with Gasteiger partial charge in [0.25, 0.3) is 0 Å². The Kier molecular flexibility index (Phi) is 6.48. The lowest BCUT2D eigenvalue weighted by molar-refractivity contribution is -0.130. The molecule has 1 unspecified atom stereocenters. The van der Waals surface area contributed by atoms with Crippen LogP contribution in [0.2, 0.25) is 5.02 Å². The summed E-state index contributed by atoms with van der Waals surface area (Å²) in [4.78, 5) is 23.5. The predicted molar refractivity (Wildman–Crippen MR) is 79.1 cm³/mol. The second kappa shape index (κ2) is 7.87. The first kappa shape index (κ1) is 16.5. The molecule has 0 aliphatic rings. The molecule has 1 atom stereocenters. The average molecular weight is 298 g/mol. The topological polar surface area (TPSA) is 84.2 Å². The maximum atomic E-state index is 11.9. The molecule has 0 bridgehead atoms. The van der Waals surface area contributed by atoms with Crippen molar-refractivity contribution in [3.8, 4) is 0 Å². The second-order valence-electron chi connectivity index (χ2n) is 4.80. The van der Waals surface area contributed by atoms with Crippen molar-refractivity contribution in [3.05, 3.63) is 34.9 Å². The van der Waals surface area contributed by atoms with Crippen LogP contribution in [0, 0.1) is 5.92 Å². The maximum Gasteiger partial charge on any atom is 0.244 e. The van der Waals surface area contributed by atoms with Crippen LogP contribution in [0.5, 0.6) is 0 Å². The fraction of sp³-hybridized carbons (Fsp3) is 0.429. The smallest absolute Gasteiger partial charge is 0.244 e. The number of nitrogens with two attached hydrogens (primary N) is 1. The molecule has 0 aliphatic heterocycles. The van der Waals surface area contributed by atoms with Crippen LogP contribution in [0.4, 0.5) is 0 Å². The SMILES string of the molecule is CC(C)C(=O)NC(CN)C(=O)NCc1ccc(Cl)cc1. The summed E-state index contributed by atoms with van der Waals surface area (Å²) < 4.78 is 0. The Morgan fingerprint density at radius 1 is 1.20 bits per heavy atom. The van der Waals surface area contributed by atoms with Crippen LogP contribution in [0.15, 0.2) is 24.3 Å². The van der Waals surface area contributed by atoms with Gasteiger partial charge in [-0.15, -0.1) is 0 Å². The number of amides is 2. The summed E-state index contributed by atoms with van der Waals surface area (Å²) in [6, 6.07) is 6.45. The minimum absolute atomic E-state index is 0.0604. The molecular formula is C14H20ClN3O2. The first-order valence-electron chi connectivity index (χ1n) is 6.46. The Hall–Kier alpha value is -1.59. The van der Waals surface area contributed by atoms with Crippen molar-refractivity contribution in [2.45, 2.75) is 26.4 Å². The third-order valence-corrected chi connectivity index (χ3v) is 3.03. The fourth-order valence-corrected chi connectivity index (χ4v) is 1.61. The molecule has 0 fully saturated rings. The minimum Gasteiger partial charge on any atom is -0.350 e. The molecule has 5 nitrogen and oxygen atoms in total. The molecule has 4 N–H and O–H groups in total. The number of nitrogens with one attached hydrogen (secondary N) is 2. The van der Waals surface area contributed by atoms with Crippen LogP contribution in [-0.2, 0) is 16.1 Å². The van der Waals surface area contributed by atoms with E-state index in [9.17, 15) is 9.59 Å². The molecular weight excluding hydrogens is 278 g/mol. The number of carbonyl (C=O) groups is 2. The first-order valence-corrected chi connectivity index (χ1v) is 6.84. The average Bonchev–Trinajstić information content (AvgIpc) is 2.43. The number of benzene rings is 1. The van der Waals surface area contributed by atoms with Gasteiger partial charge in [0.15, 0.2) is 0 Å². The van der Waals surface area contributed by atoms with Gasteiger partial charge in [-0.2, -0.15) is 0 Å². The van der Waals surface area contributed by atoms with E-state index < -0.39 is 6.04 Å². The Balaban J connectivity index is 2.51. The van der Waals surface area contributed by atoms with Gasteiger partial charge in [0.1, 0.15) is 6.04 Å². The van der Waals surface area contributed by atoms with Crippen molar-refractivity contribution in [1.29, 1.82) is 0 Å². The normalized spacial score (nSPS) is 12.1. The number of halogens is 1. The van der Waals surface area contributed by atoms with Gasteiger partial charge in [-0.3, -0.25) is 9.59 Å². The van der Waals surface area contributed by atoms with Crippen LogP contribution in [0.25, 0.3) is 0 Å². The quantitative estimate of drug-likeness (QED) is 0.734. The first-order chi connectivity index (χ1) is 9.43. The molecule has 1 aromatic rings. The summed E-state index contributed by atoms with van der Waals surface area (Å²) >= 11 is 5.78. The zero-order chi connectivity index (χ0) is 15.1. The van der Waals surface area contributed by atoms with Crippen molar-refractivity contribution in [1.82, 2.24) is 10.6 Å². The number of carbonyl (C=O) groups excluding carboxylic acids is 2. The monoisotopic (exact) mass is 297 g/mol. The van der Waals surface area contributed by atoms with Crippen LogP contribution >= 0.6 is 11.6 Å². The largest absolute Gasteiger partial charge is 0.350 e. The summed E-state index contributed by atoms with van der Waals surface area (Å²) in [6.45, 7) is 3.94. The number of rotatable bonds is 6. The van der Waals surface area contributed by atoms with Gasteiger partial charge >= 0.3 is 0 Å². The molecule has 0 saturated heterocycles. The minimum atomic E-state index is -0.711. The van der Waals surface area contributed by atoms with Crippen LogP contribution < -0.4 is 16.4 Å². The van der Waals surface area contributed by atoms with E-state index in [1.807, 2.05) is 12.1 Å². The van der Waals surface area contributed by atoms with Crippen molar-refractivity contribution in [2.24, 2.45) is 11.7 Å². The van der Waals surface area contributed by atoms with Crippen molar-refractivity contribution >= 4 is 23.4 Å². The second-order valence-corrected chi connectivity index (χ2v) is 5.23. The summed E-state index contributed by atoms with van der Waals surface area (Å²) in [5.74, 6) is -0.674. The molecule has 0 aliphatic carbocycles. The molecule has 0 spiro atoms. The van der Waals surface area contributed by atoms with Crippen LogP contribution in [-0.4, -0.2) is 24.4 Å². The van der Waals surface area contributed by atoms with Crippen molar-refractivity contribution < 1.29 is 9.59 Å². The van der Waals surface area contributed by atoms with Gasteiger partial charge in [-0.05, 0) is 17.7 Å². The molecule has 0 saturated carbocycles. The highest BCUT2D eigenvalue weighted by Crippen LogP contribution is 2.09. The molecule has 6 heteroatoms. The Bertz CT molecular complexity index is 460. The lowest BCUT2D eigenvalue weighted by Gasteiger charge is -2.18. The highest BCUT2D eigenvalue weighted by atomic mass is 35.5. The molecule has 0 radical (unpaired) electrons. The van der Waals surface area contributed by atoms with E-state index in [2.05, 4.69) is 10.6 Å². The van der Waals surface area contributed by atoms with Gasteiger partial charge in [0, 0.05) is 24.0 Å². The highest BCUT2D eigenvalue weighted by Gasteiger charge is 2.20. The molecule has 1 aromatic carbocycles. The lowest BCUT2D eigenvalue weighted by Crippen LogP contribution is -2.51. The fourth-order valence-electron chi connectivity index (χ4n) is 1.48. The zero-order valence-corrected chi connectivity index (χ0v) is 12.4. The van der Waals surface area contributed by atoms with E-state index in [0.717, 1.165) is 5.56 Å². The molecule has 1 rings (SSSR count). The third-order valence-electron chi connectivity index (χ3n) is 2.77. The van der Waals surface area contributed by atoms with Gasteiger partial charge in [0.05, 0.1) is 0 Å². The van der Waals surface area contributed by atoms with Crippen LogP contribution in [0.3, 0.4) is 0 Å². The lowest BCUT2D eigenvalue weighted by atomic mass is 10.1. The van der Waals surface area contributed by atoms with Crippen molar-refractivity contribution in [2.75, 3.05) is 6.54 Å². The third kappa shape index (κ3) is 5.19. The Labute approximate surface area is 123 Å². The van der Waals surface area contributed by atoms with E-state index in [4.69, 9.17) is 17.3 Å².